The Morgan fingerprint density at radius 3 is 1.23 bits per heavy atom. The highest BCUT2D eigenvalue weighted by Gasteiger charge is 2.23. The lowest BCUT2D eigenvalue weighted by Gasteiger charge is -2.19. The van der Waals surface area contributed by atoms with Crippen molar-refractivity contribution in [2.45, 2.75) is 6.42 Å². The van der Waals surface area contributed by atoms with Crippen LogP contribution in [0, 0.1) is 0 Å². The number of aromatic hydroxyl groups is 2. The van der Waals surface area contributed by atoms with Gasteiger partial charge in [0.25, 0.3) is 0 Å². The minimum Gasteiger partial charge on any atom is -0.508 e. The van der Waals surface area contributed by atoms with E-state index in [9.17, 15) is 19.8 Å². The number of phenolic OH excluding ortho intramolecular Hbond substituents is 2. The second kappa shape index (κ2) is 11.6. The Bertz CT molecular complexity index is 1390. The molecule has 0 fully saturated rings. The van der Waals surface area contributed by atoms with Gasteiger partial charge in [0, 0.05) is 17.5 Å². The molecule has 4 aromatic carbocycles. The van der Waals surface area contributed by atoms with Gasteiger partial charge in [0.1, 0.15) is 34.1 Å². The van der Waals surface area contributed by atoms with Gasteiger partial charge in [-0.2, -0.15) is 0 Å². The van der Waals surface area contributed by atoms with Crippen LogP contribution in [0.4, 0.5) is 0 Å². The molecule has 4 aromatic rings. The Labute approximate surface area is 226 Å². The molecule has 39 heavy (non-hydrogen) atoms. The summed E-state index contributed by atoms with van der Waals surface area (Å²) in [5.74, 6) is -0.275. The Kier molecular flexibility index (Phi) is 8.05. The highest BCUT2D eigenvalue weighted by atomic mass is 16.5. The van der Waals surface area contributed by atoms with E-state index in [2.05, 4.69) is 0 Å². The Morgan fingerprint density at radius 1 is 0.564 bits per heavy atom. The summed E-state index contributed by atoms with van der Waals surface area (Å²) in [4.78, 5) is 25.5. The van der Waals surface area contributed by atoms with Crippen LogP contribution in [0.25, 0.3) is 22.3 Å². The predicted molar refractivity (Wildman–Crippen MR) is 146 cm³/mol. The van der Waals surface area contributed by atoms with Gasteiger partial charge in [-0.05, 0) is 70.8 Å². The lowest BCUT2D eigenvalue weighted by Crippen LogP contribution is -2.09. The monoisotopic (exact) mass is 528 g/mol. The van der Waals surface area contributed by atoms with Crippen molar-refractivity contribution in [1.29, 1.82) is 0 Å². The first-order chi connectivity index (χ1) is 18.8. The van der Waals surface area contributed by atoms with Gasteiger partial charge in [0.05, 0.1) is 28.4 Å². The van der Waals surface area contributed by atoms with Crippen molar-refractivity contribution in [1.82, 2.24) is 0 Å². The van der Waals surface area contributed by atoms with E-state index in [-0.39, 0.29) is 29.0 Å². The van der Waals surface area contributed by atoms with E-state index in [4.69, 9.17) is 18.9 Å². The van der Waals surface area contributed by atoms with Crippen molar-refractivity contribution < 1.29 is 38.7 Å². The van der Waals surface area contributed by atoms with Crippen LogP contribution in [-0.2, 0) is 15.9 Å². The van der Waals surface area contributed by atoms with Crippen molar-refractivity contribution in [2.75, 3.05) is 28.4 Å². The van der Waals surface area contributed by atoms with Crippen molar-refractivity contribution >= 4 is 11.9 Å². The zero-order valence-corrected chi connectivity index (χ0v) is 22.0. The van der Waals surface area contributed by atoms with Crippen LogP contribution in [-0.4, -0.2) is 50.6 Å². The summed E-state index contributed by atoms with van der Waals surface area (Å²) in [6.45, 7) is 0. The summed E-state index contributed by atoms with van der Waals surface area (Å²) in [6, 6.07) is 20.3. The van der Waals surface area contributed by atoms with Gasteiger partial charge in [0.2, 0.25) is 0 Å². The third-order valence-corrected chi connectivity index (χ3v) is 6.33. The molecule has 0 bridgehead atoms. The first kappa shape index (κ1) is 27.1. The molecule has 0 saturated heterocycles. The number of hydrogen-bond donors (Lipinski definition) is 2. The SMILES string of the molecule is COC(=O)c1cc(-c2ccc(O)cc2)cc(Cc2cc(-c3ccc(O)cc3)cc(C(=O)OC)c2OC)c1OC. The van der Waals surface area contributed by atoms with Crippen LogP contribution in [0.2, 0.25) is 0 Å². The summed E-state index contributed by atoms with van der Waals surface area (Å²) in [5.41, 5.74) is 4.66. The normalized spacial score (nSPS) is 10.6. The zero-order valence-electron chi connectivity index (χ0n) is 22.0. The van der Waals surface area contributed by atoms with Crippen molar-refractivity contribution in [3.05, 3.63) is 95.1 Å². The molecule has 0 aliphatic carbocycles. The maximum Gasteiger partial charge on any atom is 0.341 e. The van der Waals surface area contributed by atoms with Crippen molar-refractivity contribution in [3.63, 3.8) is 0 Å². The van der Waals surface area contributed by atoms with E-state index in [1.165, 1.54) is 28.4 Å². The molecule has 0 aliphatic heterocycles. The van der Waals surface area contributed by atoms with E-state index in [0.717, 1.165) is 11.1 Å². The second-order valence-electron chi connectivity index (χ2n) is 8.69. The summed E-state index contributed by atoms with van der Waals surface area (Å²) in [7, 11) is 5.52. The smallest absolute Gasteiger partial charge is 0.341 e. The number of esters is 2. The van der Waals surface area contributed by atoms with E-state index in [1.54, 1.807) is 60.7 Å². The zero-order chi connectivity index (χ0) is 28.1. The lowest BCUT2D eigenvalue weighted by atomic mass is 9.91. The molecule has 0 unspecified atom stereocenters. The van der Waals surface area contributed by atoms with Gasteiger partial charge >= 0.3 is 11.9 Å². The van der Waals surface area contributed by atoms with Gasteiger partial charge in [0.15, 0.2) is 0 Å². The van der Waals surface area contributed by atoms with Crippen molar-refractivity contribution in [3.8, 4) is 45.3 Å². The number of phenols is 2. The Morgan fingerprint density at radius 2 is 0.923 bits per heavy atom. The minimum atomic E-state index is -0.575. The third kappa shape index (κ3) is 5.65. The summed E-state index contributed by atoms with van der Waals surface area (Å²) >= 11 is 0. The molecule has 8 heteroatoms. The fourth-order valence-electron chi connectivity index (χ4n) is 4.49. The molecule has 0 spiro atoms. The maximum absolute atomic E-state index is 12.8. The maximum atomic E-state index is 12.8. The number of benzene rings is 4. The van der Waals surface area contributed by atoms with Gasteiger partial charge < -0.3 is 29.2 Å². The standard InChI is InChI=1S/C31H28O8/c1-36-28-22(13-20(16-26(28)30(34)38-3)18-5-9-24(32)10-6-18)15-23-14-21(19-7-11-25(33)12-8-19)17-27(29(23)37-2)31(35)39-4/h5-14,16-17,32-33H,15H2,1-4H3. The van der Waals surface area contributed by atoms with Crippen molar-refractivity contribution in [2.24, 2.45) is 0 Å². The number of carbonyl (C=O) groups excluding carboxylic acids is 2. The Hall–Kier alpha value is -4.98. The van der Waals surface area contributed by atoms with Gasteiger partial charge in [-0.3, -0.25) is 0 Å². The number of rotatable bonds is 8. The van der Waals surface area contributed by atoms with Gasteiger partial charge in [-0.25, -0.2) is 9.59 Å². The third-order valence-electron chi connectivity index (χ3n) is 6.33. The number of hydrogen-bond acceptors (Lipinski definition) is 8. The van der Waals surface area contributed by atoms with E-state index >= 15 is 0 Å². The topological polar surface area (TPSA) is 112 Å². The van der Waals surface area contributed by atoms with E-state index < -0.39 is 11.9 Å². The molecular weight excluding hydrogens is 500 g/mol. The summed E-state index contributed by atoms with van der Waals surface area (Å²) in [5, 5.41) is 19.5. The number of ether oxygens (including phenoxy) is 4. The van der Waals surface area contributed by atoms with Gasteiger partial charge in [-0.15, -0.1) is 0 Å². The largest absolute Gasteiger partial charge is 0.508 e. The number of methoxy groups -OCH3 is 4. The average Bonchev–Trinajstić information content (AvgIpc) is 2.96. The van der Waals surface area contributed by atoms with E-state index in [1.807, 2.05) is 12.1 Å². The second-order valence-corrected chi connectivity index (χ2v) is 8.69. The van der Waals surface area contributed by atoms with E-state index in [0.29, 0.717) is 33.8 Å². The minimum absolute atomic E-state index is 0.117. The summed E-state index contributed by atoms with van der Waals surface area (Å²) in [6.07, 6.45) is 0.220. The van der Waals surface area contributed by atoms with Crippen LogP contribution in [0.1, 0.15) is 31.8 Å². The fraction of sp³-hybridized carbons (Fsp3) is 0.161. The Balaban J connectivity index is 1.95. The molecule has 0 atom stereocenters. The molecule has 0 heterocycles. The quantitative estimate of drug-likeness (QED) is 0.284. The molecule has 0 radical (unpaired) electrons. The molecular formula is C31H28O8. The van der Waals surface area contributed by atoms with Crippen LogP contribution in [0.5, 0.6) is 23.0 Å². The predicted octanol–water partition coefficient (Wildman–Crippen LogP) is 5.61. The van der Waals surface area contributed by atoms with Crippen LogP contribution in [0.3, 0.4) is 0 Å². The molecule has 200 valence electrons. The molecule has 0 saturated carbocycles. The van der Waals surface area contributed by atoms with Crippen LogP contribution < -0.4 is 9.47 Å². The summed E-state index contributed by atoms with van der Waals surface area (Å²) < 4.78 is 21.4. The molecule has 0 aromatic heterocycles. The van der Waals surface area contributed by atoms with Crippen LogP contribution in [0.15, 0.2) is 72.8 Å². The lowest BCUT2D eigenvalue weighted by molar-refractivity contribution is 0.0588. The van der Waals surface area contributed by atoms with Gasteiger partial charge in [-0.1, -0.05) is 24.3 Å². The highest BCUT2D eigenvalue weighted by molar-refractivity contribution is 5.96. The fourth-order valence-corrected chi connectivity index (χ4v) is 4.49. The first-order valence-corrected chi connectivity index (χ1v) is 12.0. The molecule has 0 amide bonds. The molecule has 8 nitrogen and oxygen atoms in total. The number of carbonyl (C=O) groups is 2. The average molecular weight is 529 g/mol. The highest BCUT2D eigenvalue weighted by Crippen LogP contribution is 2.38. The molecule has 2 N–H and O–H groups in total. The first-order valence-electron chi connectivity index (χ1n) is 12.0. The molecule has 4 rings (SSSR count). The van der Waals surface area contributed by atoms with Crippen LogP contribution >= 0.6 is 0 Å². The molecule has 0 aliphatic rings.